The first-order valence-corrected chi connectivity index (χ1v) is 8.54. The summed E-state index contributed by atoms with van der Waals surface area (Å²) in [6.45, 7) is 4.86. The van der Waals surface area contributed by atoms with Crippen LogP contribution >= 0.6 is 11.3 Å². The molecule has 0 bridgehead atoms. The SMILES string of the molecule is Cc1csc(C(=O)O)c1S(=O)(=O)N1CCNC(=O)C1(C)C. The number of rotatable bonds is 3. The number of thiophene rings is 1. The number of amides is 1. The van der Waals surface area contributed by atoms with Crippen LogP contribution in [0.4, 0.5) is 0 Å². The molecule has 1 aliphatic rings. The second-order valence-corrected chi connectivity index (χ2v) is 7.95. The van der Waals surface area contributed by atoms with Gasteiger partial charge >= 0.3 is 5.97 Å². The van der Waals surface area contributed by atoms with Crippen molar-refractivity contribution < 1.29 is 23.1 Å². The van der Waals surface area contributed by atoms with Gasteiger partial charge in [0, 0.05) is 13.1 Å². The first-order chi connectivity index (χ1) is 9.60. The maximum atomic E-state index is 12.8. The zero-order valence-corrected chi connectivity index (χ0v) is 13.5. The summed E-state index contributed by atoms with van der Waals surface area (Å²) in [5.41, 5.74) is -0.888. The molecular formula is C12H16N2O5S2. The lowest BCUT2D eigenvalue weighted by Crippen LogP contribution is -2.63. The Labute approximate surface area is 126 Å². The summed E-state index contributed by atoms with van der Waals surface area (Å²) < 4.78 is 26.8. The second-order valence-electron chi connectivity index (χ2n) is 5.27. The van der Waals surface area contributed by atoms with Crippen molar-refractivity contribution in [2.24, 2.45) is 0 Å². The van der Waals surface area contributed by atoms with Crippen molar-refractivity contribution >= 4 is 33.2 Å². The van der Waals surface area contributed by atoms with Gasteiger partial charge in [0.05, 0.1) is 0 Å². The molecule has 0 spiro atoms. The monoisotopic (exact) mass is 332 g/mol. The Morgan fingerprint density at radius 1 is 1.48 bits per heavy atom. The van der Waals surface area contributed by atoms with Gasteiger partial charge in [-0.3, -0.25) is 4.79 Å². The van der Waals surface area contributed by atoms with Crippen molar-refractivity contribution in [3.8, 4) is 0 Å². The van der Waals surface area contributed by atoms with Crippen molar-refractivity contribution in [2.45, 2.75) is 31.2 Å². The Hall–Kier alpha value is -1.45. The number of aryl methyl sites for hydroxylation is 1. The van der Waals surface area contributed by atoms with Gasteiger partial charge in [0.2, 0.25) is 15.9 Å². The normalized spacial score (nSPS) is 19.3. The van der Waals surface area contributed by atoms with E-state index in [9.17, 15) is 23.1 Å². The van der Waals surface area contributed by atoms with Crippen LogP contribution in [-0.4, -0.2) is 48.3 Å². The fourth-order valence-electron chi connectivity index (χ4n) is 2.31. The zero-order valence-electron chi connectivity index (χ0n) is 11.8. The number of carbonyl (C=O) groups is 2. The summed E-state index contributed by atoms with van der Waals surface area (Å²) in [5.74, 6) is -1.69. The molecule has 1 aromatic rings. The van der Waals surface area contributed by atoms with Gasteiger partial charge in [-0.15, -0.1) is 11.3 Å². The van der Waals surface area contributed by atoms with Crippen molar-refractivity contribution in [2.75, 3.05) is 13.1 Å². The van der Waals surface area contributed by atoms with Crippen LogP contribution in [0.2, 0.25) is 0 Å². The quantitative estimate of drug-likeness (QED) is 0.846. The van der Waals surface area contributed by atoms with Crippen molar-refractivity contribution in [1.82, 2.24) is 9.62 Å². The largest absolute Gasteiger partial charge is 0.477 e. The Morgan fingerprint density at radius 3 is 2.67 bits per heavy atom. The highest BCUT2D eigenvalue weighted by Crippen LogP contribution is 2.33. The van der Waals surface area contributed by atoms with Crippen LogP contribution in [0.1, 0.15) is 29.1 Å². The maximum absolute atomic E-state index is 12.8. The highest BCUT2D eigenvalue weighted by Gasteiger charge is 2.46. The van der Waals surface area contributed by atoms with E-state index >= 15 is 0 Å². The standard InChI is InChI=1S/C12H16N2O5S2/c1-7-6-20-8(10(15)16)9(7)21(18,19)14-5-4-13-11(17)12(14,2)3/h6H,4-5H2,1-3H3,(H,13,17)(H,15,16). The number of carboxylic acid groups (broad SMARTS) is 1. The van der Waals surface area contributed by atoms with Crippen LogP contribution in [-0.2, 0) is 14.8 Å². The number of aromatic carboxylic acids is 1. The van der Waals surface area contributed by atoms with Gasteiger partial charge < -0.3 is 10.4 Å². The number of nitrogens with one attached hydrogen (secondary N) is 1. The van der Waals surface area contributed by atoms with Crippen molar-refractivity contribution in [1.29, 1.82) is 0 Å². The Bertz CT molecular complexity index is 705. The molecule has 0 aromatic carbocycles. The van der Waals surface area contributed by atoms with Gasteiger partial charge in [-0.25, -0.2) is 13.2 Å². The zero-order chi connectivity index (χ0) is 16.0. The minimum absolute atomic E-state index is 0.107. The molecule has 1 aliphatic heterocycles. The van der Waals surface area contributed by atoms with Crippen LogP contribution in [0, 0.1) is 6.92 Å². The molecule has 116 valence electrons. The van der Waals surface area contributed by atoms with Crippen molar-refractivity contribution in [3.63, 3.8) is 0 Å². The number of sulfonamides is 1. The molecule has 9 heteroatoms. The minimum Gasteiger partial charge on any atom is -0.477 e. The number of hydrogen-bond acceptors (Lipinski definition) is 5. The fourth-order valence-corrected chi connectivity index (χ4v) is 5.65. The number of piperazine rings is 1. The van der Waals surface area contributed by atoms with E-state index in [2.05, 4.69) is 5.32 Å². The molecule has 1 aromatic heterocycles. The predicted molar refractivity (Wildman–Crippen MR) is 77.0 cm³/mol. The van der Waals surface area contributed by atoms with Crippen LogP contribution in [0.3, 0.4) is 0 Å². The number of carboxylic acids is 1. The van der Waals surface area contributed by atoms with E-state index in [4.69, 9.17) is 0 Å². The lowest BCUT2D eigenvalue weighted by molar-refractivity contribution is -0.131. The van der Waals surface area contributed by atoms with E-state index in [1.165, 1.54) is 19.2 Å². The van der Waals surface area contributed by atoms with Gasteiger partial charge in [-0.05, 0) is 31.7 Å². The topological polar surface area (TPSA) is 104 Å². The summed E-state index contributed by atoms with van der Waals surface area (Å²) in [6, 6.07) is 0. The third kappa shape index (κ3) is 2.45. The lowest BCUT2D eigenvalue weighted by Gasteiger charge is -2.39. The average molecular weight is 332 g/mol. The first kappa shape index (κ1) is 15.9. The molecule has 1 fully saturated rings. The Morgan fingerprint density at radius 2 is 2.10 bits per heavy atom. The average Bonchev–Trinajstić information content (AvgIpc) is 2.75. The summed E-state index contributed by atoms with van der Waals surface area (Å²) in [5, 5.41) is 13.3. The van der Waals surface area contributed by atoms with Gasteiger partial charge in [0.15, 0.2) is 0 Å². The first-order valence-electron chi connectivity index (χ1n) is 6.22. The predicted octanol–water partition coefficient (Wildman–Crippen LogP) is 0.654. The van der Waals surface area contributed by atoms with Gasteiger partial charge in [0.25, 0.3) is 0 Å². The van der Waals surface area contributed by atoms with E-state index in [1.54, 1.807) is 6.92 Å². The van der Waals surface area contributed by atoms with E-state index in [-0.39, 0.29) is 22.9 Å². The third-order valence-corrected chi connectivity index (χ3v) is 6.92. The van der Waals surface area contributed by atoms with Gasteiger partial charge in [-0.2, -0.15) is 4.31 Å². The smallest absolute Gasteiger partial charge is 0.347 e. The molecular weight excluding hydrogens is 316 g/mol. The molecule has 2 rings (SSSR count). The minimum atomic E-state index is -4.06. The molecule has 0 unspecified atom stereocenters. The highest BCUT2D eigenvalue weighted by molar-refractivity contribution is 7.89. The third-order valence-electron chi connectivity index (χ3n) is 3.44. The summed E-state index contributed by atoms with van der Waals surface area (Å²) in [7, 11) is -4.06. The Balaban J connectivity index is 2.60. The Kier molecular flexibility index (Phi) is 3.85. The van der Waals surface area contributed by atoms with Crippen LogP contribution in [0.15, 0.2) is 10.3 Å². The number of nitrogens with zero attached hydrogens (tertiary/aromatic N) is 1. The number of hydrogen-bond donors (Lipinski definition) is 2. The van der Waals surface area contributed by atoms with E-state index < -0.39 is 27.4 Å². The van der Waals surface area contributed by atoms with Gasteiger partial charge in [-0.1, -0.05) is 0 Å². The molecule has 1 amide bonds. The molecule has 0 saturated carbocycles. The van der Waals surface area contributed by atoms with Crippen molar-refractivity contribution in [3.05, 3.63) is 15.8 Å². The summed E-state index contributed by atoms with van der Waals surface area (Å²) in [6.07, 6.45) is 0. The summed E-state index contributed by atoms with van der Waals surface area (Å²) >= 11 is 0.870. The molecule has 2 heterocycles. The lowest BCUT2D eigenvalue weighted by atomic mass is 10.0. The molecule has 2 N–H and O–H groups in total. The van der Waals surface area contributed by atoms with Gasteiger partial charge in [0.1, 0.15) is 15.3 Å². The molecule has 0 aliphatic carbocycles. The van der Waals surface area contributed by atoms with E-state index in [0.29, 0.717) is 5.56 Å². The second kappa shape index (κ2) is 5.08. The van der Waals surface area contributed by atoms with Crippen LogP contribution in [0.5, 0.6) is 0 Å². The van der Waals surface area contributed by atoms with E-state index in [0.717, 1.165) is 15.6 Å². The maximum Gasteiger partial charge on any atom is 0.347 e. The molecule has 0 radical (unpaired) electrons. The summed E-state index contributed by atoms with van der Waals surface area (Å²) in [4.78, 5) is 22.7. The van der Waals surface area contributed by atoms with E-state index in [1.807, 2.05) is 0 Å². The molecule has 7 nitrogen and oxygen atoms in total. The molecule has 21 heavy (non-hydrogen) atoms. The molecule has 0 atom stereocenters. The molecule has 1 saturated heterocycles. The van der Waals surface area contributed by atoms with Crippen LogP contribution < -0.4 is 5.32 Å². The fraction of sp³-hybridized carbons (Fsp3) is 0.500. The van der Waals surface area contributed by atoms with Crippen LogP contribution in [0.25, 0.3) is 0 Å². The highest BCUT2D eigenvalue weighted by atomic mass is 32.2. The number of carbonyl (C=O) groups excluding carboxylic acids is 1.